The lowest BCUT2D eigenvalue weighted by molar-refractivity contribution is -0.384. The van der Waals surface area contributed by atoms with E-state index in [4.69, 9.17) is 4.74 Å². The van der Waals surface area contributed by atoms with Crippen molar-refractivity contribution in [2.75, 3.05) is 0 Å². The maximum atomic E-state index is 13.1. The van der Waals surface area contributed by atoms with E-state index in [-0.39, 0.29) is 17.9 Å². The molecular weight excluding hydrogens is 568 g/mol. The number of benzene rings is 3. The monoisotopic (exact) mass is 584 g/mol. The Morgan fingerprint density at radius 3 is 2.50 bits per heavy atom. The van der Waals surface area contributed by atoms with Crippen molar-refractivity contribution in [1.82, 2.24) is 9.66 Å². The number of fused-ring (bicyclic) bond motifs is 1. The largest absolute Gasteiger partial charge is 0.488 e. The normalized spacial score (nSPS) is 11.3. The standard InChI is InChI=1S/C24H18Br2N4O4/c1-2-23-28-21-9-5-18(26)12-20(21)24(31)29(23)27-13-16-11-17(25)6-10-22(16)34-14-15-3-7-19(8-4-15)30(32)33/h3-13H,2,14H2,1H3. The van der Waals surface area contributed by atoms with E-state index in [2.05, 4.69) is 41.9 Å². The zero-order valence-electron chi connectivity index (χ0n) is 17.9. The number of aryl methyl sites for hydroxylation is 1. The minimum absolute atomic E-state index is 0.0217. The Bertz CT molecular complexity index is 1470. The number of rotatable bonds is 7. The third-order valence-corrected chi connectivity index (χ3v) is 6.00. The van der Waals surface area contributed by atoms with Gasteiger partial charge < -0.3 is 4.74 Å². The van der Waals surface area contributed by atoms with Crippen molar-refractivity contribution in [3.8, 4) is 5.75 Å². The summed E-state index contributed by atoms with van der Waals surface area (Å²) in [5.74, 6) is 1.09. The molecule has 3 aromatic carbocycles. The van der Waals surface area contributed by atoms with Crippen LogP contribution in [-0.2, 0) is 13.0 Å². The van der Waals surface area contributed by atoms with Crippen LogP contribution in [0.2, 0.25) is 0 Å². The van der Waals surface area contributed by atoms with E-state index in [0.717, 1.165) is 14.5 Å². The van der Waals surface area contributed by atoms with Gasteiger partial charge in [0.2, 0.25) is 0 Å². The summed E-state index contributed by atoms with van der Waals surface area (Å²) in [5, 5.41) is 15.7. The van der Waals surface area contributed by atoms with Crippen molar-refractivity contribution in [2.24, 2.45) is 5.10 Å². The number of aromatic nitrogens is 2. The summed E-state index contributed by atoms with van der Waals surface area (Å²) >= 11 is 6.85. The van der Waals surface area contributed by atoms with Crippen LogP contribution in [-0.4, -0.2) is 20.8 Å². The van der Waals surface area contributed by atoms with Crippen molar-refractivity contribution < 1.29 is 9.66 Å². The van der Waals surface area contributed by atoms with E-state index < -0.39 is 4.92 Å². The van der Waals surface area contributed by atoms with Crippen LogP contribution in [0.3, 0.4) is 0 Å². The highest BCUT2D eigenvalue weighted by Crippen LogP contribution is 2.24. The molecule has 0 bridgehead atoms. The van der Waals surface area contributed by atoms with E-state index in [1.54, 1.807) is 36.5 Å². The number of halogens is 2. The predicted octanol–water partition coefficient (Wildman–Crippen LogP) is 5.85. The number of nitro benzene ring substituents is 1. The molecule has 0 spiro atoms. The highest BCUT2D eigenvalue weighted by molar-refractivity contribution is 9.10. The van der Waals surface area contributed by atoms with E-state index in [1.807, 2.05) is 25.1 Å². The second-order valence-electron chi connectivity index (χ2n) is 7.30. The number of hydrogen-bond donors (Lipinski definition) is 0. The molecule has 1 heterocycles. The maximum Gasteiger partial charge on any atom is 0.282 e. The fourth-order valence-corrected chi connectivity index (χ4v) is 4.03. The number of nitro groups is 1. The first-order valence-electron chi connectivity index (χ1n) is 10.3. The van der Waals surface area contributed by atoms with E-state index in [9.17, 15) is 14.9 Å². The summed E-state index contributed by atoms with van der Waals surface area (Å²) < 4.78 is 8.85. The van der Waals surface area contributed by atoms with Crippen LogP contribution in [0, 0.1) is 10.1 Å². The zero-order chi connectivity index (χ0) is 24.2. The van der Waals surface area contributed by atoms with Gasteiger partial charge in [-0.25, -0.2) is 4.98 Å². The molecule has 1 aromatic heterocycles. The molecule has 4 aromatic rings. The molecule has 0 radical (unpaired) electrons. The molecule has 0 amide bonds. The Labute approximate surface area is 211 Å². The van der Waals surface area contributed by atoms with Crippen LogP contribution >= 0.6 is 31.9 Å². The fraction of sp³-hybridized carbons (Fsp3) is 0.125. The van der Waals surface area contributed by atoms with Crippen LogP contribution < -0.4 is 10.3 Å². The SMILES string of the molecule is CCc1nc2ccc(Br)cc2c(=O)n1N=Cc1cc(Br)ccc1OCc1ccc([N+](=O)[O-])cc1. The third kappa shape index (κ3) is 5.23. The van der Waals surface area contributed by atoms with Crippen molar-refractivity contribution in [3.63, 3.8) is 0 Å². The molecule has 0 aliphatic rings. The van der Waals surface area contributed by atoms with Gasteiger partial charge in [0, 0.05) is 33.1 Å². The van der Waals surface area contributed by atoms with Gasteiger partial charge in [-0.1, -0.05) is 38.8 Å². The molecule has 0 fully saturated rings. The Hall–Kier alpha value is -3.37. The Balaban J connectivity index is 1.65. The van der Waals surface area contributed by atoms with Crippen molar-refractivity contribution in [2.45, 2.75) is 20.0 Å². The predicted molar refractivity (Wildman–Crippen MR) is 138 cm³/mol. The van der Waals surface area contributed by atoms with E-state index in [1.165, 1.54) is 16.8 Å². The van der Waals surface area contributed by atoms with Crippen LogP contribution in [0.1, 0.15) is 23.9 Å². The smallest absolute Gasteiger partial charge is 0.282 e. The maximum absolute atomic E-state index is 13.1. The van der Waals surface area contributed by atoms with Gasteiger partial charge in [-0.05, 0) is 54.1 Å². The summed E-state index contributed by atoms with van der Waals surface area (Å²) in [6.45, 7) is 2.13. The molecule has 0 atom stereocenters. The summed E-state index contributed by atoms with van der Waals surface area (Å²) in [5.41, 5.74) is 1.81. The molecule has 0 aliphatic carbocycles. The first kappa shape index (κ1) is 23.8. The average Bonchev–Trinajstić information content (AvgIpc) is 2.83. The van der Waals surface area contributed by atoms with Gasteiger partial charge in [-0.3, -0.25) is 14.9 Å². The minimum Gasteiger partial charge on any atom is -0.488 e. The molecule has 10 heteroatoms. The number of hydrogen-bond acceptors (Lipinski definition) is 6. The molecule has 8 nitrogen and oxygen atoms in total. The lowest BCUT2D eigenvalue weighted by Gasteiger charge is -2.11. The van der Waals surface area contributed by atoms with Gasteiger partial charge >= 0.3 is 0 Å². The van der Waals surface area contributed by atoms with Crippen LogP contribution in [0.5, 0.6) is 5.75 Å². The highest BCUT2D eigenvalue weighted by atomic mass is 79.9. The average molecular weight is 586 g/mol. The van der Waals surface area contributed by atoms with Gasteiger partial charge in [0.1, 0.15) is 18.2 Å². The van der Waals surface area contributed by atoms with Crippen molar-refractivity contribution >= 4 is 54.7 Å². The van der Waals surface area contributed by atoms with E-state index in [0.29, 0.717) is 34.5 Å². The van der Waals surface area contributed by atoms with Crippen LogP contribution in [0.4, 0.5) is 5.69 Å². The zero-order valence-corrected chi connectivity index (χ0v) is 21.1. The summed E-state index contributed by atoms with van der Waals surface area (Å²) in [4.78, 5) is 28.1. The second kappa shape index (κ2) is 10.3. The summed E-state index contributed by atoms with van der Waals surface area (Å²) in [7, 11) is 0. The van der Waals surface area contributed by atoms with Gasteiger partial charge in [-0.15, -0.1) is 0 Å². The molecule has 0 N–H and O–H groups in total. The van der Waals surface area contributed by atoms with Gasteiger partial charge in [-0.2, -0.15) is 9.78 Å². The summed E-state index contributed by atoms with van der Waals surface area (Å²) in [6, 6.07) is 17.0. The minimum atomic E-state index is -0.444. The number of ether oxygens (including phenoxy) is 1. The topological polar surface area (TPSA) is 99.6 Å². The Morgan fingerprint density at radius 1 is 1.09 bits per heavy atom. The number of nitrogens with zero attached hydrogens (tertiary/aromatic N) is 4. The van der Waals surface area contributed by atoms with Gasteiger partial charge in [0.25, 0.3) is 11.2 Å². The highest BCUT2D eigenvalue weighted by Gasteiger charge is 2.11. The number of non-ortho nitro benzene ring substituents is 1. The Kier molecular flexibility index (Phi) is 7.18. The Morgan fingerprint density at radius 2 is 1.79 bits per heavy atom. The van der Waals surface area contributed by atoms with Gasteiger partial charge in [0.15, 0.2) is 0 Å². The quantitative estimate of drug-likeness (QED) is 0.154. The third-order valence-electron chi connectivity index (χ3n) is 5.02. The lowest BCUT2D eigenvalue weighted by Crippen LogP contribution is -2.22. The molecule has 0 unspecified atom stereocenters. The molecule has 0 saturated carbocycles. The van der Waals surface area contributed by atoms with Crippen molar-refractivity contribution in [1.29, 1.82) is 0 Å². The second-order valence-corrected chi connectivity index (χ2v) is 9.13. The van der Waals surface area contributed by atoms with Crippen molar-refractivity contribution in [3.05, 3.63) is 107 Å². The van der Waals surface area contributed by atoms with Crippen LogP contribution in [0.25, 0.3) is 10.9 Å². The molecule has 172 valence electrons. The molecule has 34 heavy (non-hydrogen) atoms. The fourth-order valence-electron chi connectivity index (χ4n) is 3.29. The first-order valence-corrected chi connectivity index (χ1v) is 11.9. The molecular formula is C24H18Br2N4O4. The van der Waals surface area contributed by atoms with Gasteiger partial charge in [0.05, 0.1) is 22.0 Å². The molecule has 0 aliphatic heterocycles. The first-order chi connectivity index (χ1) is 16.4. The van der Waals surface area contributed by atoms with E-state index >= 15 is 0 Å². The molecule has 4 rings (SSSR count). The molecule has 0 saturated heterocycles. The van der Waals surface area contributed by atoms with Crippen LogP contribution in [0.15, 0.2) is 79.5 Å². The lowest BCUT2D eigenvalue weighted by atomic mass is 10.2. The summed E-state index contributed by atoms with van der Waals surface area (Å²) in [6.07, 6.45) is 2.09.